The summed E-state index contributed by atoms with van der Waals surface area (Å²) in [6.07, 6.45) is 3.31. The Hall–Kier alpha value is -0.320. The van der Waals surface area contributed by atoms with Gasteiger partial charge in [0.05, 0.1) is 6.10 Å². The molecule has 0 bridgehead atoms. The molecule has 3 N–H and O–H groups in total. The van der Waals surface area contributed by atoms with Gasteiger partial charge in [-0.3, -0.25) is 4.79 Å². The Balaban J connectivity index is 0.00000256. The normalized spacial score (nSPS) is 24.2. The molecular formula is C12H25ClN2O2. The second-order valence-corrected chi connectivity index (χ2v) is 4.82. The van der Waals surface area contributed by atoms with E-state index in [0.717, 1.165) is 25.7 Å². The van der Waals surface area contributed by atoms with Crippen molar-refractivity contribution in [3.8, 4) is 0 Å². The molecule has 2 atom stereocenters. The molecule has 1 rings (SSSR count). The minimum absolute atomic E-state index is 0. The molecule has 0 saturated carbocycles. The van der Waals surface area contributed by atoms with Crippen LogP contribution in [0.4, 0.5) is 0 Å². The largest absolute Gasteiger partial charge is 0.364 e. The van der Waals surface area contributed by atoms with Gasteiger partial charge >= 0.3 is 0 Å². The molecule has 102 valence electrons. The molecule has 0 unspecified atom stereocenters. The van der Waals surface area contributed by atoms with Crippen LogP contribution in [0.25, 0.3) is 0 Å². The number of carbonyl (C=O) groups excluding carboxylic acids is 1. The van der Waals surface area contributed by atoms with E-state index in [1.165, 1.54) is 0 Å². The highest BCUT2D eigenvalue weighted by atomic mass is 35.5. The van der Waals surface area contributed by atoms with Gasteiger partial charge in [0.1, 0.15) is 6.10 Å². The summed E-state index contributed by atoms with van der Waals surface area (Å²) in [6.45, 7) is 6.74. The molecule has 1 fully saturated rings. The van der Waals surface area contributed by atoms with Crippen LogP contribution in [-0.2, 0) is 9.53 Å². The number of hydrogen-bond acceptors (Lipinski definition) is 3. The third-order valence-corrected chi connectivity index (χ3v) is 3.65. The number of nitrogens with one attached hydrogen (secondary N) is 1. The molecule has 0 radical (unpaired) electrons. The molecule has 1 saturated heterocycles. The van der Waals surface area contributed by atoms with Crippen molar-refractivity contribution in [1.29, 1.82) is 0 Å². The van der Waals surface area contributed by atoms with E-state index < -0.39 is 0 Å². The Morgan fingerprint density at radius 2 is 2.00 bits per heavy atom. The quantitative estimate of drug-likeness (QED) is 0.793. The van der Waals surface area contributed by atoms with E-state index in [-0.39, 0.29) is 36.1 Å². The third kappa shape index (κ3) is 4.45. The van der Waals surface area contributed by atoms with Crippen molar-refractivity contribution in [2.75, 3.05) is 6.54 Å². The van der Waals surface area contributed by atoms with Crippen LogP contribution < -0.4 is 11.1 Å². The van der Waals surface area contributed by atoms with Gasteiger partial charge in [-0.1, -0.05) is 13.8 Å². The summed E-state index contributed by atoms with van der Waals surface area (Å²) in [5.74, 6) is 0.0159. The molecule has 5 heteroatoms. The zero-order valence-corrected chi connectivity index (χ0v) is 11.8. The van der Waals surface area contributed by atoms with Crippen LogP contribution in [0.15, 0.2) is 0 Å². The highest BCUT2D eigenvalue weighted by Gasteiger charge is 2.32. The number of ether oxygens (including phenoxy) is 1. The lowest BCUT2D eigenvalue weighted by atomic mass is 9.95. The fourth-order valence-corrected chi connectivity index (χ4v) is 1.88. The van der Waals surface area contributed by atoms with E-state index >= 15 is 0 Å². The van der Waals surface area contributed by atoms with Gasteiger partial charge < -0.3 is 15.8 Å². The second kappa shape index (κ2) is 7.19. The summed E-state index contributed by atoms with van der Waals surface area (Å²) in [5, 5.41) is 3.07. The van der Waals surface area contributed by atoms with Crippen LogP contribution in [0.3, 0.4) is 0 Å². The average Bonchev–Trinajstić information content (AvgIpc) is 2.77. The predicted molar refractivity (Wildman–Crippen MR) is 71.3 cm³/mol. The van der Waals surface area contributed by atoms with Gasteiger partial charge in [0.15, 0.2) is 0 Å². The number of nitrogens with two attached hydrogens (primary N) is 1. The fraction of sp³-hybridized carbons (Fsp3) is 0.917. The van der Waals surface area contributed by atoms with Crippen LogP contribution in [0.5, 0.6) is 0 Å². The van der Waals surface area contributed by atoms with Gasteiger partial charge in [-0.25, -0.2) is 0 Å². The standard InChI is InChI=1S/C12H24N2O2.ClH/c1-4-12(3,5-2)14-11(15)10-7-6-9(8-13)16-10;/h9-10H,4-8,13H2,1-3H3,(H,14,15);1H/t9-,10+;/m1./s1. The first kappa shape index (κ1) is 16.7. The molecule has 0 aromatic rings. The van der Waals surface area contributed by atoms with E-state index in [9.17, 15) is 4.79 Å². The highest BCUT2D eigenvalue weighted by Crippen LogP contribution is 2.21. The maximum atomic E-state index is 12.0. The summed E-state index contributed by atoms with van der Waals surface area (Å²) in [7, 11) is 0. The van der Waals surface area contributed by atoms with Gasteiger partial charge in [-0.15, -0.1) is 12.4 Å². The second-order valence-electron chi connectivity index (χ2n) is 4.82. The zero-order valence-electron chi connectivity index (χ0n) is 11.0. The molecule has 17 heavy (non-hydrogen) atoms. The van der Waals surface area contributed by atoms with Crippen molar-refractivity contribution in [1.82, 2.24) is 5.32 Å². The Bertz CT molecular complexity index is 245. The molecular weight excluding hydrogens is 240 g/mol. The predicted octanol–water partition coefficient (Wildman–Crippen LogP) is 1.61. The molecule has 1 aliphatic rings. The third-order valence-electron chi connectivity index (χ3n) is 3.65. The molecule has 4 nitrogen and oxygen atoms in total. The van der Waals surface area contributed by atoms with E-state index in [4.69, 9.17) is 10.5 Å². The van der Waals surface area contributed by atoms with Crippen molar-refractivity contribution in [2.24, 2.45) is 5.73 Å². The van der Waals surface area contributed by atoms with E-state index in [1.807, 2.05) is 0 Å². The summed E-state index contributed by atoms with van der Waals surface area (Å²) < 4.78 is 5.57. The maximum Gasteiger partial charge on any atom is 0.249 e. The van der Waals surface area contributed by atoms with Gasteiger partial charge in [0.2, 0.25) is 5.91 Å². The molecule has 1 heterocycles. The lowest BCUT2D eigenvalue weighted by Crippen LogP contribution is -2.49. The van der Waals surface area contributed by atoms with E-state index in [0.29, 0.717) is 6.54 Å². The SMILES string of the molecule is CCC(C)(CC)NC(=O)[C@@H]1CC[C@H](CN)O1.Cl. The maximum absolute atomic E-state index is 12.0. The van der Waals surface area contributed by atoms with Crippen LogP contribution in [0.2, 0.25) is 0 Å². The minimum atomic E-state index is -0.300. The first-order valence-corrected chi connectivity index (χ1v) is 6.22. The Morgan fingerprint density at radius 3 is 2.41 bits per heavy atom. The fourth-order valence-electron chi connectivity index (χ4n) is 1.88. The summed E-state index contributed by atoms with van der Waals surface area (Å²) in [5.41, 5.74) is 5.41. The number of rotatable bonds is 5. The van der Waals surface area contributed by atoms with Gasteiger partial charge in [0.25, 0.3) is 0 Å². The van der Waals surface area contributed by atoms with Crippen LogP contribution in [0, 0.1) is 0 Å². The topological polar surface area (TPSA) is 64.4 Å². The van der Waals surface area contributed by atoms with Crippen molar-refractivity contribution >= 4 is 18.3 Å². The summed E-state index contributed by atoms with van der Waals surface area (Å²) in [4.78, 5) is 12.0. The first-order chi connectivity index (χ1) is 7.54. The number of amides is 1. The van der Waals surface area contributed by atoms with Gasteiger partial charge in [0, 0.05) is 12.1 Å². The highest BCUT2D eigenvalue weighted by molar-refractivity contribution is 5.85. The van der Waals surface area contributed by atoms with Crippen LogP contribution >= 0.6 is 12.4 Å². The van der Waals surface area contributed by atoms with Gasteiger partial charge in [-0.2, -0.15) is 0 Å². The number of halogens is 1. The summed E-state index contributed by atoms with van der Waals surface area (Å²) >= 11 is 0. The smallest absolute Gasteiger partial charge is 0.249 e. The lowest BCUT2D eigenvalue weighted by Gasteiger charge is -2.29. The molecule has 1 aliphatic heterocycles. The van der Waals surface area contributed by atoms with Crippen molar-refractivity contribution in [3.63, 3.8) is 0 Å². The van der Waals surface area contributed by atoms with Crippen molar-refractivity contribution in [3.05, 3.63) is 0 Å². The lowest BCUT2D eigenvalue weighted by molar-refractivity contribution is -0.133. The number of hydrogen-bond donors (Lipinski definition) is 2. The Kier molecular flexibility index (Phi) is 7.05. The van der Waals surface area contributed by atoms with E-state index in [2.05, 4.69) is 26.1 Å². The molecule has 0 spiro atoms. The van der Waals surface area contributed by atoms with Crippen molar-refractivity contribution < 1.29 is 9.53 Å². The first-order valence-electron chi connectivity index (χ1n) is 6.22. The van der Waals surface area contributed by atoms with Crippen LogP contribution in [0.1, 0.15) is 46.5 Å². The zero-order chi connectivity index (χ0) is 12.2. The molecule has 0 aromatic carbocycles. The van der Waals surface area contributed by atoms with Gasteiger partial charge in [-0.05, 0) is 32.6 Å². The molecule has 0 aliphatic carbocycles. The Labute approximate surface area is 110 Å². The van der Waals surface area contributed by atoms with Crippen molar-refractivity contribution in [2.45, 2.75) is 64.2 Å². The molecule has 1 amide bonds. The average molecular weight is 265 g/mol. The number of carbonyl (C=O) groups is 1. The Morgan fingerprint density at radius 1 is 1.41 bits per heavy atom. The summed E-state index contributed by atoms with van der Waals surface area (Å²) in [6, 6.07) is 0. The van der Waals surface area contributed by atoms with E-state index in [1.54, 1.807) is 0 Å². The monoisotopic (exact) mass is 264 g/mol. The van der Waals surface area contributed by atoms with Crippen LogP contribution in [-0.4, -0.2) is 30.2 Å². The minimum Gasteiger partial charge on any atom is -0.364 e. The molecule has 0 aromatic heterocycles.